The summed E-state index contributed by atoms with van der Waals surface area (Å²) in [4.78, 5) is 1.17. The second-order valence-corrected chi connectivity index (χ2v) is 8.22. The smallest absolute Gasteiger partial charge is 0.127 e. The van der Waals surface area contributed by atoms with Crippen molar-refractivity contribution in [2.75, 3.05) is 7.05 Å². The molecule has 2 aromatic rings. The number of hydrogen-bond acceptors (Lipinski definition) is 2. The zero-order valence-corrected chi connectivity index (χ0v) is 15.6. The summed E-state index contributed by atoms with van der Waals surface area (Å²) in [6.07, 6.45) is 0.620. The number of benzene rings is 1. The lowest BCUT2D eigenvalue weighted by molar-refractivity contribution is 0.559. The van der Waals surface area contributed by atoms with E-state index in [1.165, 1.54) is 10.9 Å². The molecule has 0 amide bonds. The molecule has 19 heavy (non-hydrogen) atoms. The maximum absolute atomic E-state index is 13.9. The monoisotopic (exact) mass is 469 g/mol. The first-order chi connectivity index (χ1) is 9.01. The van der Waals surface area contributed by atoms with E-state index in [9.17, 15) is 4.39 Å². The van der Waals surface area contributed by atoms with Gasteiger partial charge in [0.2, 0.25) is 0 Å². The fourth-order valence-corrected chi connectivity index (χ4v) is 4.32. The summed E-state index contributed by atoms with van der Waals surface area (Å²) >= 11 is 11.9. The molecule has 102 valence electrons. The average molecular weight is 472 g/mol. The van der Waals surface area contributed by atoms with Gasteiger partial charge in [0.15, 0.2) is 0 Å². The Labute approximate surface area is 141 Å². The molecule has 1 atom stereocenters. The van der Waals surface area contributed by atoms with Gasteiger partial charge in [0.25, 0.3) is 0 Å². The van der Waals surface area contributed by atoms with Crippen molar-refractivity contribution in [1.82, 2.24) is 5.32 Å². The minimum atomic E-state index is -0.177. The van der Waals surface area contributed by atoms with Crippen LogP contribution in [0.1, 0.15) is 16.5 Å². The van der Waals surface area contributed by atoms with Gasteiger partial charge in [-0.2, -0.15) is 0 Å². The van der Waals surface area contributed by atoms with Crippen molar-refractivity contribution in [2.45, 2.75) is 12.5 Å². The topological polar surface area (TPSA) is 12.0 Å². The van der Waals surface area contributed by atoms with Crippen LogP contribution in [0.5, 0.6) is 0 Å². The first-order valence-corrected chi connectivity index (χ1v) is 8.76. The summed E-state index contributed by atoms with van der Waals surface area (Å²) in [6, 6.07) is 7.35. The average Bonchev–Trinajstić information content (AvgIpc) is 2.68. The highest BCUT2D eigenvalue weighted by Crippen LogP contribution is 2.36. The predicted molar refractivity (Wildman–Crippen MR) is 89.3 cm³/mol. The third-order valence-electron chi connectivity index (χ3n) is 2.80. The van der Waals surface area contributed by atoms with Crippen LogP contribution in [0, 0.1) is 5.82 Å². The van der Waals surface area contributed by atoms with E-state index in [2.05, 4.69) is 59.2 Å². The van der Waals surface area contributed by atoms with E-state index < -0.39 is 0 Å². The number of thiophene rings is 1. The van der Waals surface area contributed by atoms with Crippen molar-refractivity contribution < 1.29 is 4.39 Å². The van der Waals surface area contributed by atoms with E-state index in [-0.39, 0.29) is 11.9 Å². The molecule has 0 aliphatic carbocycles. The van der Waals surface area contributed by atoms with Crippen LogP contribution < -0.4 is 5.32 Å². The molecule has 0 aliphatic heterocycles. The first kappa shape index (κ1) is 15.6. The Hall–Kier alpha value is 0.250. The molecule has 0 aliphatic rings. The molecule has 2 rings (SSSR count). The number of hydrogen-bond donors (Lipinski definition) is 1. The number of likely N-dealkylation sites (N-methyl/N-ethyl adjacent to an activating group) is 1. The minimum Gasteiger partial charge on any atom is -0.312 e. The van der Waals surface area contributed by atoms with Gasteiger partial charge >= 0.3 is 0 Å². The molecule has 6 heteroatoms. The quantitative estimate of drug-likeness (QED) is 0.605. The van der Waals surface area contributed by atoms with Crippen LogP contribution >= 0.6 is 59.1 Å². The van der Waals surface area contributed by atoms with Gasteiger partial charge in [-0.15, -0.1) is 11.3 Å². The van der Waals surface area contributed by atoms with Crippen molar-refractivity contribution in [1.29, 1.82) is 0 Å². The van der Waals surface area contributed by atoms with E-state index in [4.69, 9.17) is 0 Å². The summed E-state index contributed by atoms with van der Waals surface area (Å²) in [5, 5.41) is 3.24. The molecule has 1 nitrogen and oxygen atoms in total. The van der Waals surface area contributed by atoms with E-state index in [1.807, 2.05) is 19.2 Å². The van der Waals surface area contributed by atoms with Gasteiger partial charge in [0.1, 0.15) is 5.82 Å². The molecule has 1 aromatic carbocycles. The highest BCUT2D eigenvalue weighted by Gasteiger charge is 2.16. The van der Waals surface area contributed by atoms with Crippen LogP contribution in [0.2, 0.25) is 0 Å². The lowest BCUT2D eigenvalue weighted by atomic mass is 10.0. The maximum atomic E-state index is 13.9. The normalized spacial score (nSPS) is 12.7. The molecule has 0 saturated carbocycles. The van der Waals surface area contributed by atoms with Crippen molar-refractivity contribution in [3.8, 4) is 0 Å². The highest BCUT2D eigenvalue weighted by atomic mass is 79.9. The zero-order chi connectivity index (χ0) is 14.0. The van der Waals surface area contributed by atoms with Gasteiger partial charge in [-0.3, -0.25) is 0 Å². The van der Waals surface area contributed by atoms with Crippen LogP contribution in [0.3, 0.4) is 0 Å². The van der Waals surface area contributed by atoms with Crippen molar-refractivity contribution in [3.05, 3.63) is 53.3 Å². The Bertz CT molecular complexity index is 566. The van der Waals surface area contributed by atoms with Crippen LogP contribution in [0.4, 0.5) is 4.39 Å². The van der Waals surface area contributed by atoms with E-state index >= 15 is 0 Å². The molecule has 0 fully saturated rings. The molecule has 1 N–H and O–H groups in total. The Morgan fingerprint density at radius 1 is 1.26 bits per heavy atom. The summed E-state index contributed by atoms with van der Waals surface area (Å²) < 4.78 is 16.7. The van der Waals surface area contributed by atoms with Crippen molar-refractivity contribution in [2.24, 2.45) is 0 Å². The standard InChI is InChI=1S/C13H11Br3FNS/c1-18-11(12-6-9(15)13(16)19-12)4-7-2-3-8(14)5-10(7)17/h2-3,5-6,11,18H,4H2,1H3. The summed E-state index contributed by atoms with van der Waals surface area (Å²) in [6.45, 7) is 0. The lowest BCUT2D eigenvalue weighted by Crippen LogP contribution is -2.18. The Balaban J connectivity index is 2.23. The predicted octanol–water partition coefficient (Wildman–Crippen LogP) is 5.68. The van der Waals surface area contributed by atoms with Gasteiger partial charge in [-0.1, -0.05) is 22.0 Å². The second kappa shape index (κ2) is 6.80. The van der Waals surface area contributed by atoms with Crippen LogP contribution in [0.25, 0.3) is 0 Å². The molecule has 0 spiro atoms. The van der Waals surface area contributed by atoms with Gasteiger partial charge < -0.3 is 5.32 Å². The van der Waals surface area contributed by atoms with Crippen molar-refractivity contribution in [3.63, 3.8) is 0 Å². The van der Waals surface area contributed by atoms with Gasteiger partial charge in [0.05, 0.1) is 3.79 Å². The highest BCUT2D eigenvalue weighted by molar-refractivity contribution is 9.13. The number of rotatable bonds is 4. The maximum Gasteiger partial charge on any atom is 0.127 e. The Morgan fingerprint density at radius 3 is 2.53 bits per heavy atom. The number of halogens is 4. The van der Waals surface area contributed by atoms with Crippen molar-refractivity contribution >= 4 is 59.1 Å². The Morgan fingerprint density at radius 2 is 2.00 bits per heavy atom. The Kier molecular flexibility index (Phi) is 5.60. The summed E-state index contributed by atoms with van der Waals surface area (Å²) in [7, 11) is 1.89. The third-order valence-corrected chi connectivity index (χ3v) is 6.66. The SMILES string of the molecule is CNC(Cc1ccc(Br)cc1F)c1cc(Br)c(Br)s1. The minimum absolute atomic E-state index is 0.100. The lowest BCUT2D eigenvalue weighted by Gasteiger charge is -2.15. The van der Waals surface area contributed by atoms with Crippen LogP contribution in [-0.4, -0.2) is 7.05 Å². The molecule has 0 bridgehead atoms. The molecular formula is C13H11Br3FNS. The van der Waals surface area contributed by atoms with E-state index in [0.29, 0.717) is 12.0 Å². The molecular weight excluding hydrogens is 461 g/mol. The van der Waals surface area contributed by atoms with Gasteiger partial charge in [-0.25, -0.2) is 4.39 Å². The third kappa shape index (κ3) is 3.88. The molecule has 1 aromatic heterocycles. The molecule has 0 saturated heterocycles. The summed E-state index contributed by atoms with van der Waals surface area (Å²) in [5.41, 5.74) is 0.711. The number of nitrogens with one attached hydrogen (secondary N) is 1. The fourth-order valence-electron chi connectivity index (χ4n) is 1.79. The largest absolute Gasteiger partial charge is 0.312 e. The molecule has 1 heterocycles. The summed E-state index contributed by atoms with van der Waals surface area (Å²) in [5.74, 6) is -0.177. The fraction of sp³-hybridized carbons (Fsp3) is 0.231. The molecule has 0 radical (unpaired) electrons. The zero-order valence-electron chi connectivity index (χ0n) is 10.0. The second-order valence-electron chi connectivity index (χ2n) is 4.05. The van der Waals surface area contributed by atoms with E-state index in [1.54, 1.807) is 11.3 Å². The van der Waals surface area contributed by atoms with Gasteiger partial charge in [0, 0.05) is 19.9 Å². The first-order valence-electron chi connectivity index (χ1n) is 5.57. The molecule has 1 unspecified atom stereocenters. The van der Waals surface area contributed by atoms with Gasteiger partial charge in [-0.05, 0) is 69.1 Å². The van der Waals surface area contributed by atoms with E-state index in [0.717, 1.165) is 12.7 Å². The van der Waals surface area contributed by atoms with Crippen LogP contribution in [0.15, 0.2) is 37.0 Å². The van der Waals surface area contributed by atoms with Crippen LogP contribution in [-0.2, 0) is 6.42 Å².